The fourth-order valence-electron chi connectivity index (χ4n) is 5.15. The largest absolute Gasteiger partial charge is 0.355 e. The van der Waals surface area contributed by atoms with Crippen LogP contribution in [0, 0.1) is 0 Å². The summed E-state index contributed by atoms with van der Waals surface area (Å²) in [6.45, 7) is 0. The molecule has 1 aromatic heterocycles. The number of rotatable bonds is 4. The number of aromatic amines is 1. The lowest BCUT2D eigenvalue weighted by atomic mass is 10.1. The zero-order valence-corrected chi connectivity index (χ0v) is 18.7. The molecule has 1 N–H and O–H groups in total. The van der Waals surface area contributed by atoms with Gasteiger partial charge in [-0.2, -0.15) is 0 Å². The predicted octanol–water partition coefficient (Wildman–Crippen LogP) is 4.70. The van der Waals surface area contributed by atoms with E-state index in [1.54, 1.807) is 0 Å². The zero-order chi connectivity index (χ0) is 21.4. The Morgan fingerprint density at radius 1 is 0.375 bits per heavy atom. The van der Waals surface area contributed by atoms with Crippen molar-refractivity contribution in [3.05, 3.63) is 133 Å². The van der Waals surface area contributed by atoms with E-state index in [2.05, 4.69) is 138 Å². The van der Waals surface area contributed by atoms with Crippen molar-refractivity contribution < 1.29 is 0 Å². The molecule has 6 aromatic rings. The van der Waals surface area contributed by atoms with Crippen LogP contribution in [0.15, 0.2) is 133 Å². The summed E-state index contributed by atoms with van der Waals surface area (Å²) in [4.78, 5) is 3.59. The summed E-state index contributed by atoms with van der Waals surface area (Å²) in [5.74, 6) is 0. The van der Waals surface area contributed by atoms with Crippen molar-refractivity contribution in [1.29, 1.82) is 0 Å². The number of H-pyrrole nitrogens is 1. The first-order valence-electron chi connectivity index (χ1n) is 11.0. The molecular weight excluding hydrogens is 402 g/mol. The van der Waals surface area contributed by atoms with Crippen LogP contribution in [0.5, 0.6) is 0 Å². The minimum atomic E-state index is -2.49. The Labute approximate surface area is 189 Å². The van der Waals surface area contributed by atoms with E-state index >= 15 is 0 Å². The minimum Gasteiger partial charge on any atom is -0.355 e. The molecule has 32 heavy (non-hydrogen) atoms. The van der Waals surface area contributed by atoms with Crippen molar-refractivity contribution >= 4 is 50.6 Å². The number of benzene rings is 5. The maximum absolute atomic E-state index is 3.59. The lowest BCUT2D eigenvalue weighted by Gasteiger charge is -2.34. The average molecular weight is 426 g/mol. The van der Waals surface area contributed by atoms with Crippen LogP contribution in [0.25, 0.3) is 21.8 Å². The third-order valence-corrected chi connectivity index (χ3v) is 11.3. The molecule has 0 radical (unpaired) electrons. The summed E-state index contributed by atoms with van der Waals surface area (Å²) in [6.07, 6.45) is 0. The molecule has 5 aromatic carbocycles. The molecular formula is C30H23NSi. The molecule has 0 fully saturated rings. The van der Waals surface area contributed by atoms with E-state index in [9.17, 15) is 0 Å². The molecule has 1 nitrogen and oxygen atoms in total. The molecule has 0 aliphatic heterocycles. The SMILES string of the molecule is c1ccc([Si](c2ccccc2)(c2ccccc2)c2ccc3[nH]c4ccccc4c3c2)cc1. The molecule has 2 heteroatoms. The summed E-state index contributed by atoms with van der Waals surface area (Å²) in [7, 11) is -2.49. The number of para-hydroxylation sites is 1. The molecule has 0 saturated heterocycles. The van der Waals surface area contributed by atoms with E-state index in [-0.39, 0.29) is 0 Å². The Balaban J connectivity index is 1.76. The van der Waals surface area contributed by atoms with Crippen molar-refractivity contribution in [1.82, 2.24) is 4.98 Å². The zero-order valence-electron chi connectivity index (χ0n) is 17.7. The van der Waals surface area contributed by atoms with E-state index in [0.29, 0.717) is 0 Å². The average Bonchev–Trinajstić information content (AvgIpc) is 3.25. The first-order chi connectivity index (χ1) is 15.9. The minimum absolute atomic E-state index is 1.19. The first-order valence-corrected chi connectivity index (χ1v) is 13.0. The van der Waals surface area contributed by atoms with Crippen molar-refractivity contribution in [2.45, 2.75) is 0 Å². The summed E-state index contributed by atoms with van der Waals surface area (Å²) < 4.78 is 0. The number of hydrogen-bond donors (Lipinski definition) is 1. The van der Waals surface area contributed by atoms with Gasteiger partial charge in [0, 0.05) is 21.8 Å². The van der Waals surface area contributed by atoms with Crippen LogP contribution in [-0.2, 0) is 0 Å². The van der Waals surface area contributed by atoms with E-state index < -0.39 is 8.07 Å². The monoisotopic (exact) mass is 425 g/mol. The molecule has 6 rings (SSSR count). The Kier molecular flexibility index (Phi) is 4.52. The topological polar surface area (TPSA) is 15.8 Å². The van der Waals surface area contributed by atoms with Gasteiger partial charge in [-0.25, -0.2) is 0 Å². The highest BCUT2D eigenvalue weighted by Gasteiger charge is 2.41. The highest BCUT2D eigenvalue weighted by molar-refractivity contribution is 7.20. The van der Waals surface area contributed by atoms with Crippen LogP contribution in [0.1, 0.15) is 0 Å². The van der Waals surface area contributed by atoms with Crippen LogP contribution in [-0.4, -0.2) is 13.1 Å². The van der Waals surface area contributed by atoms with E-state index in [1.165, 1.54) is 42.6 Å². The maximum atomic E-state index is 3.59. The van der Waals surface area contributed by atoms with Crippen molar-refractivity contribution in [3.8, 4) is 0 Å². The normalized spacial score (nSPS) is 11.8. The highest BCUT2D eigenvalue weighted by Crippen LogP contribution is 2.25. The third-order valence-electron chi connectivity index (χ3n) is 6.56. The number of nitrogens with one attached hydrogen (secondary N) is 1. The second-order valence-electron chi connectivity index (χ2n) is 8.28. The van der Waals surface area contributed by atoms with E-state index in [1.807, 2.05) is 0 Å². The van der Waals surface area contributed by atoms with Gasteiger partial charge in [0.15, 0.2) is 8.07 Å². The second-order valence-corrected chi connectivity index (χ2v) is 12.1. The van der Waals surface area contributed by atoms with Gasteiger partial charge >= 0.3 is 0 Å². The van der Waals surface area contributed by atoms with E-state index in [4.69, 9.17) is 0 Å². The fraction of sp³-hybridized carbons (Fsp3) is 0. The Bertz CT molecular complexity index is 1410. The van der Waals surface area contributed by atoms with Crippen LogP contribution >= 0.6 is 0 Å². The van der Waals surface area contributed by atoms with Crippen LogP contribution in [0.3, 0.4) is 0 Å². The van der Waals surface area contributed by atoms with Gasteiger partial charge in [-0.05, 0) is 32.9 Å². The Morgan fingerprint density at radius 3 is 1.41 bits per heavy atom. The van der Waals surface area contributed by atoms with Gasteiger partial charge in [0.1, 0.15) is 0 Å². The standard InChI is InChI=1S/C30H23NSi/c1-4-12-23(13-5-1)32(24-14-6-2-7-15-24,25-16-8-3-9-17-25)26-20-21-30-28(22-26)27-18-10-11-19-29(27)31-30/h1-22,31H. The van der Waals surface area contributed by atoms with Gasteiger partial charge < -0.3 is 4.98 Å². The fourth-order valence-corrected chi connectivity index (χ4v) is 9.92. The molecule has 0 spiro atoms. The van der Waals surface area contributed by atoms with Crippen LogP contribution in [0.2, 0.25) is 0 Å². The molecule has 0 atom stereocenters. The molecule has 0 aliphatic rings. The molecule has 0 unspecified atom stereocenters. The molecule has 1 heterocycles. The van der Waals surface area contributed by atoms with Crippen molar-refractivity contribution in [2.24, 2.45) is 0 Å². The van der Waals surface area contributed by atoms with Gasteiger partial charge in [0.2, 0.25) is 0 Å². The lowest BCUT2D eigenvalue weighted by molar-refractivity contribution is 1.55. The maximum Gasteiger partial charge on any atom is 0.179 e. The molecule has 0 saturated carbocycles. The summed E-state index contributed by atoms with van der Waals surface area (Å²) in [5.41, 5.74) is 2.37. The summed E-state index contributed by atoms with van der Waals surface area (Å²) >= 11 is 0. The van der Waals surface area contributed by atoms with Crippen LogP contribution in [0.4, 0.5) is 0 Å². The molecule has 152 valence electrons. The van der Waals surface area contributed by atoms with Crippen molar-refractivity contribution in [3.63, 3.8) is 0 Å². The van der Waals surface area contributed by atoms with Gasteiger partial charge in [0.05, 0.1) is 0 Å². The Morgan fingerprint density at radius 2 is 0.844 bits per heavy atom. The number of fused-ring (bicyclic) bond motifs is 3. The van der Waals surface area contributed by atoms with Gasteiger partial charge in [0.25, 0.3) is 0 Å². The third kappa shape index (κ3) is 2.84. The highest BCUT2D eigenvalue weighted by atomic mass is 28.3. The molecule has 0 bridgehead atoms. The lowest BCUT2D eigenvalue weighted by Crippen LogP contribution is -2.74. The molecule has 0 amide bonds. The second kappa shape index (κ2) is 7.67. The number of aromatic nitrogens is 1. The summed E-state index contributed by atoms with van der Waals surface area (Å²) in [5, 5.41) is 8.17. The first kappa shape index (κ1) is 18.9. The smallest absolute Gasteiger partial charge is 0.179 e. The van der Waals surface area contributed by atoms with Gasteiger partial charge in [-0.1, -0.05) is 121 Å². The summed E-state index contributed by atoms with van der Waals surface area (Å²) in [6, 6.07) is 48.9. The number of hydrogen-bond acceptors (Lipinski definition) is 0. The van der Waals surface area contributed by atoms with Gasteiger partial charge in [-0.15, -0.1) is 0 Å². The van der Waals surface area contributed by atoms with Gasteiger partial charge in [-0.3, -0.25) is 0 Å². The predicted molar refractivity (Wildman–Crippen MR) is 139 cm³/mol. The molecule has 0 aliphatic carbocycles. The van der Waals surface area contributed by atoms with Crippen molar-refractivity contribution in [2.75, 3.05) is 0 Å². The quantitative estimate of drug-likeness (QED) is 0.311. The van der Waals surface area contributed by atoms with E-state index in [0.717, 1.165) is 0 Å². The Hall–Kier alpha value is -3.88. The van der Waals surface area contributed by atoms with Crippen LogP contribution < -0.4 is 20.7 Å².